The number of halogens is 2. The van der Waals surface area contributed by atoms with Crippen molar-refractivity contribution < 1.29 is 4.79 Å². The van der Waals surface area contributed by atoms with Crippen LogP contribution in [0.2, 0.25) is 0 Å². The van der Waals surface area contributed by atoms with E-state index in [2.05, 4.69) is 61.0 Å². The first-order chi connectivity index (χ1) is 9.98. The van der Waals surface area contributed by atoms with Gasteiger partial charge in [-0.15, -0.1) is 24.8 Å². The van der Waals surface area contributed by atoms with Crippen LogP contribution in [0, 0.1) is 5.92 Å². The monoisotopic (exact) mass is 361 g/mol. The Kier molecular flexibility index (Phi) is 9.78. The van der Waals surface area contributed by atoms with Gasteiger partial charge in [-0.1, -0.05) is 30.3 Å². The van der Waals surface area contributed by atoms with E-state index in [0.29, 0.717) is 6.54 Å². The fourth-order valence-corrected chi connectivity index (χ4v) is 2.79. The summed E-state index contributed by atoms with van der Waals surface area (Å²) in [6.07, 6.45) is 0.945. The van der Waals surface area contributed by atoms with Crippen LogP contribution in [0.5, 0.6) is 0 Å². The highest BCUT2D eigenvalue weighted by Gasteiger charge is 2.26. The van der Waals surface area contributed by atoms with E-state index in [0.717, 1.165) is 19.5 Å². The zero-order chi connectivity index (χ0) is 15.3. The number of amides is 1. The summed E-state index contributed by atoms with van der Waals surface area (Å²) in [5.74, 6) is 0.301. The molecule has 1 aliphatic rings. The molecule has 2 unspecified atom stereocenters. The van der Waals surface area contributed by atoms with Crippen LogP contribution in [0.15, 0.2) is 30.3 Å². The molecule has 132 valence electrons. The molecule has 1 fully saturated rings. The van der Waals surface area contributed by atoms with Gasteiger partial charge in [-0.05, 0) is 39.3 Å². The van der Waals surface area contributed by atoms with E-state index in [1.54, 1.807) is 0 Å². The Morgan fingerprint density at radius 3 is 2.52 bits per heavy atom. The second kappa shape index (κ2) is 10.1. The van der Waals surface area contributed by atoms with Gasteiger partial charge in [0, 0.05) is 24.7 Å². The second-order valence-corrected chi connectivity index (χ2v) is 6.57. The molecule has 0 saturated carbocycles. The average molecular weight is 362 g/mol. The number of benzene rings is 1. The number of carbonyl (C=O) groups is 1. The van der Waals surface area contributed by atoms with E-state index in [1.807, 2.05) is 6.07 Å². The smallest absolute Gasteiger partial charge is 0.224 e. The lowest BCUT2D eigenvalue weighted by Gasteiger charge is -2.31. The Bertz CT molecular complexity index is 462. The van der Waals surface area contributed by atoms with Gasteiger partial charge < -0.3 is 16.0 Å². The van der Waals surface area contributed by atoms with Gasteiger partial charge in [-0.25, -0.2) is 0 Å². The predicted molar refractivity (Wildman–Crippen MR) is 101 cm³/mol. The Morgan fingerprint density at radius 1 is 1.30 bits per heavy atom. The minimum absolute atomic E-state index is 0. The molecule has 1 heterocycles. The summed E-state index contributed by atoms with van der Waals surface area (Å²) >= 11 is 0. The molecule has 2 rings (SSSR count). The molecule has 23 heavy (non-hydrogen) atoms. The molecular weight excluding hydrogens is 333 g/mol. The number of nitrogens with one attached hydrogen (secondary N) is 3. The molecule has 1 aromatic rings. The maximum absolute atomic E-state index is 12.1. The lowest BCUT2D eigenvalue weighted by Crippen LogP contribution is -2.50. The van der Waals surface area contributed by atoms with Gasteiger partial charge in [-0.2, -0.15) is 0 Å². The molecule has 0 aromatic heterocycles. The van der Waals surface area contributed by atoms with E-state index in [-0.39, 0.29) is 48.2 Å². The van der Waals surface area contributed by atoms with Gasteiger partial charge in [0.1, 0.15) is 0 Å². The van der Waals surface area contributed by atoms with Crippen LogP contribution in [-0.4, -0.2) is 31.1 Å². The first-order valence-electron chi connectivity index (χ1n) is 7.79. The molecule has 0 bridgehead atoms. The topological polar surface area (TPSA) is 53.2 Å². The minimum Gasteiger partial charge on any atom is -0.354 e. The second-order valence-electron chi connectivity index (χ2n) is 6.57. The standard InChI is InChI=1S/C17H27N3O.2ClH/c1-13(14-7-5-4-6-8-14)20-17(2,3)12-19-16(21)15-9-10-18-11-15;;/h4-8,13,15,18,20H,9-12H2,1-3H3,(H,19,21);2*1H. The maximum atomic E-state index is 12.1. The van der Waals surface area contributed by atoms with Crippen LogP contribution in [0.4, 0.5) is 0 Å². The Balaban J connectivity index is 0.00000242. The van der Waals surface area contributed by atoms with Crippen LogP contribution >= 0.6 is 24.8 Å². The quantitative estimate of drug-likeness (QED) is 0.729. The molecule has 4 nitrogen and oxygen atoms in total. The van der Waals surface area contributed by atoms with E-state index in [1.165, 1.54) is 5.56 Å². The first kappa shape index (κ1) is 22.2. The van der Waals surface area contributed by atoms with Crippen molar-refractivity contribution in [1.82, 2.24) is 16.0 Å². The summed E-state index contributed by atoms with van der Waals surface area (Å²) in [5, 5.41) is 9.90. The van der Waals surface area contributed by atoms with Gasteiger partial charge in [-0.3, -0.25) is 4.79 Å². The summed E-state index contributed by atoms with van der Waals surface area (Å²) in [6.45, 7) is 8.80. The number of hydrogen-bond donors (Lipinski definition) is 3. The van der Waals surface area contributed by atoms with Crippen molar-refractivity contribution >= 4 is 30.7 Å². The molecule has 0 spiro atoms. The summed E-state index contributed by atoms with van der Waals surface area (Å²) in [5.41, 5.74) is 1.12. The fourth-order valence-electron chi connectivity index (χ4n) is 2.79. The van der Waals surface area contributed by atoms with E-state index in [4.69, 9.17) is 0 Å². The number of rotatable bonds is 6. The molecular formula is C17H29Cl2N3O. The summed E-state index contributed by atoms with van der Waals surface area (Å²) in [4.78, 5) is 12.1. The number of hydrogen-bond acceptors (Lipinski definition) is 3. The Labute approximate surface area is 152 Å². The first-order valence-corrected chi connectivity index (χ1v) is 7.79. The van der Waals surface area contributed by atoms with Crippen LogP contribution in [0.25, 0.3) is 0 Å². The van der Waals surface area contributed by atoms with E-state index < -0.39 is 0 Å². The third kappa shape index (κ3) is 7.08. The van der Waals surface area contributed by atoms with Gasteiger partial charge in [0.2, 0.25) is 5.91 Å². The van der Waals surface area contributed by atoms with Crippen LogP contribution < -0.4 is 16.0 Å². The maximum Gasteiger partial charge on any atom is 0.224 e. The fraction of sp³-hybridized carbons (Fsp3) is 0.588. The highest BCUT2D eigenvalue weighted by Crippen LogP contribution is 2.16. The highest BCUT2D eigenvalue weighted by molar-refractivity contribution is 5.85. The van der Waals surface area contributed by atoms with Crippen molar-refractivity contribution in [3.63, 3.8) is 0 Å². The third-order valence-corrected chi connectivity index (χ3v) is 4.04. The van der Waals surface area contributed by atoms with Gasteiger partial charge >= 0.3 is 0 Å². The molecule has 1 aliphatic heterocycles. The molecule has 1 amide bonds. The lowest BCUT2D eigenvalue weighted by atomic mass is 10.00. The summed E-state index contributed by atoms with van der Waals surface area (Å²) in [6, 6.07) is 10.6. The van der Waals surface area contributed by atoms with Crippen molar-refractivity contribution in [2.75, 3.05) is 19.6 Å². The third-order valence-electron chi connectivity index (χ3n) is 4.04. The molecule has 0 radical (unpaired) electrons. The van der Waals surface area contributed by atoms with Crippen molar-refractivity contribution in [3.8, 4) is 0 Å². The minimum atomic E-state index is -0.142. The molecule has 1 aromatic carbocycles. The average Bonchev–Trinajstić information content (AvgIpc) is 2.99. The van der Waals surface area contributed by atoms with Crippen LogP contribution in [0.3, 0.4) is 0 Å². The molecule has 2 atom stereocenters. The van der Waals surface area contributed by atoms with Gasteiger partial charge in [0.25, 0.3) is 0 Å². The van der Waals surface area contributed by atoms with Crippen LogP contribution in [-0.2, 0) is 4.79 Å². The largest absolute Gasteiger partial charge is 0.354 e. The highest BCUT2D eigenvalue weighted by atomic mass is 35.5. The van der Waals surface area contributed by atoms with Crippen LogP contribution in [0.1, 0.15) is 38.8 Å². The van der Waals surface area contributed by atoms with Crippen molar-refractivity contribution in [2.24, 2.45) is 5.92 Å². The van der Waals surface area contributed by atoms with Gasteiger partial charge in [0.15, 0.2) is 0 Å². The van der Waals surface area contributed by atoms with Crippen molar-refractivity contribution in [1.29, 1.82) is 0 Å². The Morgan fingerprint density at radius 2 is 1.96 bits per heavy atom. The van der Waals surface area contributed by atoms with Crippen molar-refractivity contribution in [3.05, 3.63) is 35.9 Å². The molecule has 3 N–H and O–H groups in total. The summed E-state index contributed by atoms with van der Waals surface area (Å²) in [7, 11) is 0. The molecule has 1 saturated heterocycles. The molecule has 6 heteroatoms. The summed E-state index contributed by atoms with van der Waals surface area (Å²) < 4.78 is 0. The zero-order valence-corrected chi connectivity index (χ0v) is 15.7. The van der Waals surface area contributed by atoms with E-state index in [9.17, 15) is 4.79 Å². The normalized spacial score (nSPS) is 18.5. The molecule has 0 aliphatic carbocycles. The van der Waals surface area contributed by atoms with E-state index >= 15 is 0 Å². The Hall–Kier alpha value is -0.810. The van der Waals surface area contributed by atoms with Crippen molar-refractivity contribution in [2.45, 2.75) is 38.8 Å². The number of carbonyl (C=O) groups excluding carboxylic acids is 1. The zero-order valence-electron chi connectivity index (χ0n) is 14.1. The van der Waals surface area contributed by atoms with Gasteiger partial charge in [0.05, 0.1) is 5.92 Å². The predicted octanol–water partition coefficient (Wildman–Crippen LogP) is 2.69. The lowest BCUT2D eigenvalue weighted by molar-refractivity contribution is -0.124. The SMILES string of the molecule is CC(NC(C)(C)CNC(=O)C1CCNC1)c1ccccc1.Cl.Cl.